The van der Waals surface area contributed by atoms with Gasteiger partial charge >= 0.3 is 5.97 Å². The van der Waals surface area contributed by atoms with Crippen molar-refractivity contribution in [1.82, 2.24) is 4.90 Å². The number of aliphatic hydroxyl groups excluding tert-OH is 1. The SMILES string of the molecule is COCCOCCO[C@@H]1CC[C@@H](C[C@@H](C)[C@@H]2CC(=O)[C@H](C)/C=C(\C)[C@@H](O)[C@@H](OC)C(=O)[C@H](C)C[C@H](C)\C=C/C=C/C=C(\C)[C@@H](OC)C[C@@H]3CC[C@@H](C)[C@@](O)(O3)C(=O)C(=O)N3CCCCC3C(=O)O2)C[C@H]1OC. The second-order valence-electron chi connectivity index (χ2n) is 21.0. The van der Waals surface area contributed by atoms with Crippen LogP contribution in [0.15, 0.2) is 47.6 Å². The number of ketones is 3. The molecule has 1 aliphatic carbocycles. The van der Waals surface area contributed by atoms with E-state index in [9.17, 15) is 34.2 Å². The van der Waals surface area contributed by atoms with E-state index in [1.165, 1.54) is 12.0 Å². The third-order valence-corrected chi connectivity index (χ3v) is 15.4. The molecule has 72 heavy (non-hydrogen) atoms. The molecule has 16 heteroatoms. The van der Waals surface area contributed by atoms with Crippen LogP contribution >= 0.6 is 0 Å². The number of allylic oxidation sites excluding steroid dienone is 6. The molecule has 0 radical (unpaired) electrons. The summed E-state index contributed by atoms with van der Waals surface area (Å²) >= 11 is 0. The van der Waals surface area contributed by atoms with Crippen molar-refractivity contribution in [2.75, 3.05) is 61.4 Å². The summed E-state index contributed by atoms with van der Waals surface area (Å²) in [6.45, 7) is 14.7. The maximum atomic E-state index is 14.5. The summed E-state index contributed by atoms with van der Waals surface area (Å²) in [7, 11) is 6.25. The first kappa shape index (κ1) is 61.1. The lowest BCUT2D eigenvalue weighted by atomic mass is 9.78. The predicted octanol–water partition coefficient (Wildman–Crippen LogP) is 6.87. The molecule has 2 N–H and O–H groups in total. The number of Topliss-reactive ketones (excluding diaryl/α,β-unsaturated/α-hetero) is 3. The molecule has 1 saturated carbocycles. The van der Waals surface area contributed by atoms with Crippen molar-refractivity contribution < 1.29 is 72.1 Å². The lowest BCUT2D eigenvalue weighted by Gasteiger charge is -2.42. The number of carbonyl (C=O) groups excluding carboxylic acids is 5. The number of cyclic esters (lactones) is 1. The lowest BCUT2D eigenvalue weighted by Crippen LogP contribution is -2.61. The first-order valence-electron chi connectivity index (χ1n) is 26.5. The zero-order valence-electron chi connectivity index (χ0n) is 45.2. The summed E-state index contributed by atoms with van der Waals surface area (Å²) in [6.07, 6.45) is 12.2. The van der Waals surface area contributed by atoms with Gasteiger partial charge in [-0.3, -0.25) is 19.2 Å². The standard InChI is InChI=1S/C56H89NO15/c1-35-17-13-12-14-18-36(2)47(66-9)33-43-22-20-41(7)56(64,72-43)53(61)54(62)57-24-16-15-19-44(57)55(63)71-48(34-45(58)37(3)30-40(6)51(60)52(68-11)50(59)39(5)29-35)38(4)31-42-21-23-46(49(32-42)67-10)70-28-27-69-26-25-65-8/h12-14,17-18,30,35,37-39,41-44,46-49,51-52,60,64H,15-16,19-29,31-34H2,1-11H3/b14-12+,17-13-,36-18+,40-30+/t35-,37-,38-,39-,41-,42+,43+,44?,46-,47+,48+,49-,51-,52+,56-/m1/s1. The number of carbonyl (C=O) groups is 5. The third-order valence-electron chi connectivity index (χ3n) is 15.4. The summed E-state index contributed by atoms with van der Waals surface area (Å²) in [5.41, 5.74) is 1.27. The number of nitrogens with zero attached hydrogens (tertiary/aromatic N) is 1. The molecule has 0 aromatic rings. The Balaban J connectivity index is 1.66. The fourth-order valence-corrected chi connectivity index (χ4v) is 10.8. The van der Waals surface area contributed by atoms with E-state index in [2.05, 4.69) is 0 Å². The van der Waals surface area contributed by atoms with Gasteiger partial charge in [0.25, 0.3) is 11.7 Å². The Morgan fingerprint density at radius 3 is 2.24 bits per heavy atom. The lowest BCUT2D eigenvalue weighted by molar-refractivity contribution is -0.265. The van der Waals surface area contributed by atoms with Gasteiger partial charge in [-0.2, -0.15) is 0 Å². The topological polar surface area (TPSA) is 203 Å². The number of methoxy groups -OCH3 is 4. The smallest absolute Gasteiger partial charge is 0.329 e. The molecule has 15 atom stereocenters. The summed E-state index contributed by atoms with van der Waals surface area (Å²) in [6, 6.07) is -1.14. The maximum absolute atomic E-state index is 14.5. The fourth-order valence-electron chi connectivity index (χ4n) is 10.8. The van der Waals surface area contributed by atoms with Crippen LogP contribution in [0.1, 0.15) is 126 Å². The average molecular weight is 1020 g/mol. The maximum Gasteiger partial charge on any atom is 0.329 e. The molecular weight excluding hydrogens is 927 g/mol. The minimum atomic E-state index is -2.43. The van der Waals surface area contributed by atoms with E-state index in [-0.39, 0.29) is 60.9 Å². The quantitative estimate of drug-likeness (QED) is 0.0837. The second kappa shape index (κ2) is 30.2. The zero-order chi connectivity index (χ0) is 53.1. The van der Waals surface area contributed by atoms with E-state index in [0.717, 1.165) is 18.4 Å². The minimum Gasteiger partial charge on any atom is -0.460 e. The number of ether oxygens (including phenoxy) is 8. The van der Waals surface area contributed by atoms with Gasteiger partial charge in [-0.05, 0) is 107 Å². The third kappa shape index (κ3) is 17.3. The summed E-state index contributed by atoms with van der Waals surface area (Å²) < 4.78 is 46.7. The number of aliphatic hydroxyl groups is 2. The largest absolute Gasteiger partial charge is 0.460 e. The van der Waals surface area contributed by atoms with Gasteiger partial charge in [-0.15, -0.1) is 0 Å². The highest BCUT2D eigenvalue weighted by atomic mass is 16.6. The predicted molar refractivity (Wildman–Crippen MR) is 272 cm³/mol. The molecule has 3 aliphatic heterocycles. The Labute approximate surface area is 429 Å². The molecule has 2 saturated heterocycles. The molecule has 3 fully saturated rings. The van der Waals surface area contributed by atoms with Crippen molar-refractivity contribution in [2.24, 2.45) is 35.5 Å². The molecule has 4 aliphatic rings. The van der Waals surface area contributed by atoms with Crippen molar-refractivity contribution >= 4 is 29.2 Å². The Hall–Kier alpha value is -3.45. The normalized spacial score (nSPS) is 37.7. The zero-order valence-corrected chi connectivity index (χ0v) is 45.2. The molecule has 0 spiro atoms. The highest BCUT2D eigenvalue weighted by Gasteiger charge is 2.53. The molecule has 3 heterocycles. The van der Waals surface area contributed by atoms with Gasteiger partial charge in [0.05, 0.1) is 50.8 Å². The van der Waals surface area contributed by atoms with Gasteiger partial charge in [0.1, 0.15) is 30.1 Å². The average Bonchev–Trinajstić information content (AvgIpc) is 3.36. The van der Waals surface area contributed by atoms with Gasteiger partial charge in [0.2, 0.25) is 5.79 Å². The molecule has 1 unspecified atom stereocenters. The van der Waals surface area contributed by atoms with E-state index in [1.807, 2.05) is 58.1 Å². The fraction of sp³-hybridized carbons (Fsp3) is 0.768. The van der Waals surface area contributed by atoms with Gasteiger partial charge in [-0.25, -0.2) is 4.79 Å². The van der Waals surface area contributed by atoms with Gasteiger partial charge in [-0.1, -0.05) is 71.1 Å². The molecule has 0 aromatic carbocycles. The molecule has 408 valence electrons. The van der Waals surface area contributed by atoms with E-state index in [4.69, 9.17) is 37.9 Å². The summed E-state index contributed by atoms with van der Waals surface area (Å²) in [5.74, 6) is -7.91. The van der Waals surface area contributed by atoms with Crippen molar-refractivity contribution in [3.63, 3.8) is 0 Å². The number of hydrogen-bond acceptors (Lipinski definition) is 15. The van der Waals surface area contributed by atoms with Crippen LogP contribution in [0.25, 0.3) is 0 Å². The summed E-state index contributed by atoms with van der Waals surface area (Å²) in [4.78, 5) is 72.5. The van der Waals surface area contributed by atoms with Crippen LogP contribution in [0.5, 0.6) is 0 Å². The molecular formula is C56H89NO15. The van der Waals surface area contributed by atoms with E-state index < -0.39 is 77.8 Å². The number of amides is 1. The Bertz CT molecular complexity index is 1880. The molecule has 2 bridgehead atoms. The van der Waals surface area contributed by atoms with Crippen LogP contribution < -0.4 is 0 Å². The first-order valence-corrected chi connectivity index (χ1v) is 26.5. The van der Waals surface area contributed by atoms with Gasteiger partial charge < -0.3 is 53.0 Å². The van der Waals surface area contributed by atoms with Crippen molar-refractivity contribution in [1.29, 1.82) is 0 Å². The Morgan fingerprint density at radius 1 is 0.806 bits per heavy atom. The number of hydrogen-bond donors (Lipinski definition) is 2. The summed E-state index contributed by atoms with van der Waals surface area (Å²) in [5, 5.41) is 23.5. The Morgan fingerprint density at radius 2 is 1.54 bits per heavy atom. The van der Waals surface area contributed by atoms with Crippen LogP contribution in [-0.4, -0.2) is 160 Å². The number of fused-ring (bicyclic) bond motifs is 3. The number of rotatable bonds is 13. The van der Waals surface area contributed by atoms with E-state index >= 15 is 0 Å². The number of esters is 1. The van der Waals surface area contributed by atoms with Crippen molar-refractivity contribution in [3.8, 4) is 0 Å². The second-order valence-corrected chi connectivity index (χ2v) is 21.0. The first-order chi connectivity index (χ1) is 34.3. The van der Waals surface area contributed by atoms with Crippen LogP contribution in [0.4, 0.5) is 0 Å². The highest BCUT2D eigenvalue weighted by Crippen LogP contribution is 2.38. The number of piperidine rings is 1. The van der Waals surface area contributed by atoms with E-state index in [1.54, 1.807) is 48.2 Å². The molecule has 4 rings (SSSR count). The van der Waals surface area contributed by atoms with Gasteiger partial charge in [0, 0.05) is 65.6 Å². The van der Waals surface area contributed by atoms with Gasteiger partial charge in [0.15, 0.2) is 5.78 Å². The monoisotopic (exact) mass is 1020 g/mol. The highest BCUT2D eigenvalue weighted by molar-refractivity contribution is 6.39. The van der Waals surface area contributed by atoms with Crippen molar-refractivity contribution in [3.05, 3.63) is 47.6 Å². The van der Waals surface area contributed by atoms with Crippen molar-refractivity contribution in [2.45, 2.75) is 180 Å². The van der Waals surface area contributed by atoms with Crippen LogP contribution in [0.2, 0.25) is 0 Å². The van der Waals surface area contributed by atoms with Crippen LogP contribution in [0.3, 0.4) is 0 Å². The molecule has 0 aromatic heterocycles. The minimum absolute atomic E-state index is 0.0159. The Kier molecular flexibility index (Phi) is 25.6. The van der Waals surface area contributed by atoms with Crippen LogP contribution in [-0.2, 0) is 61.9 Å². The van der Waals surface area contributed by atoms with E-state index in [0.29, 0.717) is 83.4 Å². The molecule has 1 amide bonds. The van der Waals surface area contributed by atoms with Crippen LogP contribution in [0, 0.1) is 35.5 Å². The molecule has 16 nitrogen and oxygen atoms in total.